The summed E-state index contributed by atoms with van der Waals surface area (Å²) in [5, 5.41) is 14.5. The summed E-state index contributed by atoms with van der Waals surface area (Å²) in [6.07, 6.45) is 1.50. The fraction of sp³-hybridized carbons (Fsp3) is 0.250. The van der Waals surface area contributed by atoms with Crippen LogP contribution in [-0.4, -0.2) is 27.7 Å². The average Bonchev–Trinajstić information content (AvgIpc) is 3.23. The van der Waals surface area contributed by atoms with Crippen LogP contribution in [-0.2, 0) is 6.54 Å². The van der Waals surface area contributed by atoms with Crippen molar-refractivity contribution >= 4 is 29.2 Å². The number of hydrogen-bond donors (Lipinski definition) is 3. The zero-order valence-corrected chi connectivity index (χ0v) is 17.2. The summed E-state index contributed by atoms with van der Waals surface area (Å²) < 4.78 is 0. The summed E-state index contributed by atoms with van der Waals surface area (Å²) in [5.41, 5.74) is 3.09. The minimum absolute atomic E-state index is 0.0214. The smallest absolute Gasteiger partial charge is 0.192 e. The van der Waals surface area contributed by atoms with Gasteiger partial charge in [0.1, 0.15) is 6.33 Å². The van der Waals surface area contributed by atoms with Gasteiger partial charge in [-0.15, -0.1) is 0 Å². The standard InChI is InChI=1S/C20H22Cl2N6/c1-3-23-20(27-13(2)15-7-8-17(21)18(22)10-15)24-11-14-5-4-6-16(9-14)19-25-12-26-28-19/h4-10,12-13H,3,11H2,1-2H3,(H2,23,24,27)(H,25,26,28). The Bertz CT molecular complexity index is 940. The van der Waals surface area contributed by atoms with Gasteiger partial charge in [-0.25, -0.2) is 9.98 Å². The van der Waals surface area contributed by atoms with Crippen molar-refractivity contribution in [1.82, 2.24) is 25.8 Å². The molecule has 0 aliphatic rings. The van der Waals surface area contributed by atoms with Crippen LogP contribution in [0.4, 0.5) is 0 Å². The molecule has 0 saturated heterocycles. The predicted molar refractivity (Wildman–Crippen MR) is 115 cm³/mol. The Morgan fingerprint density at radius 2 is 2.04 bits per heavy atom. The number of aromatic amines is 1. The summed E-state index contributed by atoms with van der Waals surface area (Å²) in [6.45, 7) is 5.38. The fourth-order valence-electron chi connectivity index (χ4n) is 2.72. The lowest BCUT2D eigenvalue weighted by atomic mass is 10.1. The van der Waals surface area contributed by atoms with Crippen molar-refractivity contribution < 1.29 is 0 Å². The first-order valence-corrected chi connectivity index (χ1v) is 9.77. The van der Waals surface area contributed by atoms with Crippen molar-refractivity contribution in [2.45, 2.75) is 26.4 Å². The van der Waals surface area contributed by atoms with Crippen LogP contribution < -0.4 is 10.6 Å². The van der Waals surface area contributed by atoms with Gasteiger partial charge < -0.3 is 10.6 Å². The Kier molecular flexibility index (Phi) is 6.90. The molecule has 0 fully saturated rings. The largest absolute Gasteiger partial charge is 0.357 e. The second kappa shape index (κ2) is 9.57. The molecule has 0 amide bonds. The van der Waals surface area contributed by atoms with Gasteiger partial charge in [-0.3, -0.25) is 5.10 Å². The Balaban J connectivity index is 1.72. The van der Waals surface area contributed by atoms with Crippen LogP contribution >= 0.6 is 23.2 Å². The van der Waals surface area contributed by atoms with E-state index in [0.29, 0.717) is 16.6 Å². The molecule has 3 N–H and O–H groups in total. The molecule has 1 unspecified atom stereocenters. The van der Waals surface area contributed by atoms with Crippen molar-refractivity contribution in [3.05, 3.63) is 70.0 Å². The van der Waals surface area contributed by atoms with Gasteiger partial charge >= 0.3 is 0 Å². The predicted octanol–water partition coefficient (Wildman–Crippen LogP) is 4.59. The number of guanidine groups is 1. The summed E-state index contributed by atoms with van der Waals surface area (Å²) >= 11 is 12.1. The molecule has 0 aliphatic heterocycles. The van der Waals surface area contributed by atoms with Crippen molar-refractivity contribution in [2.75, 3.05) is 6.54 Å². The van der Waals surface area contributed by atoms with Crippen LogP contribution in [0.3, 0.4) is 0 Å². The van der Waals surface area contributed by atoms with E-state index in [1.54, 1.807) is 6.07 Å². The molecule has 1 heterocycles. The fourth-order valence-corrected chi connectivity index (χ4v) is 3.03. The van der Waals surface area contributed by atoms with E-state index in [0.717, 1.165) is 35.0 Å². The lowest BCUT2D eigenvalue weighted by molar-refractivity contribution is 0.686. The molecular formula is C20H22Cl2N6. The lowest BCUT2D eigenvalue weighted by Crippen LogP contribution is -2.38. The van der Waals surface area contributed by atoms with Crippen LogP contribution in [0.15, 0.2) is 53.8 Å². The molecule has 3 rings (SSSR count). The minimum atomic E-state index is 0.0214. The minimum Gasteiger partial charge on any atom is -0.357 e. The van der Waals surface area contributed by atoms with Gasteiger partial charge in [-0.2, -0.15) is 5.10 Å². The second-order valence-electron chi connectivity index (χ2n) is 6.27. The van der Waals surface area contributed by atoms with Crippen molar-refractivity contribution in [2.24, 2.45) is 4.99 Å². The lowest BCUT2D eigenvalue weighted by Gasteiger charge is -2.18. The number of halogens is 2. The molecular weight excluding hydrogens is 395 g/mol. The summed E-state index contributed by atoms with van der Waals surface area (Å²) in [5.74, 6) is 1.47. The third kappa shape index (κ3) is 5.24. The molecule has 28 heavy (non-hydrogen) atoms. The molecule has 6 nitrogen and oxygen atoms in total. The third-order valence-electron chi connectivity index (χ3n) is 4.18. The summed E-state index contributed by atoms with van der Waals surface area (Å²) in [4.78, 5) is 8.89. The van der Waals surface area contributed by atoms with E-state index in [-0.39, 0.29) is 6.04 Å². The molecule has 2 aromatic carbocycles. The van der Waals surface area contributed by atoms with Crippen LogP contribution in [0, 0.1) is 0 Å². The number of nitrogens with one attached hydrogen (secondary N) is 3. The Morgan fingerprint density at radius 3 is 2.75 bits per heavy atom. The highest BCUT2D eigenvalue weighted by atomic mass is 35.5. The van der Waals surface area contributed by atoms with Gasteiger partial charge in [-0.1, -0.05) is 47.5 Å². The SMILES string of the molecule is CCNC(=NCc1cccc(-c2ncn[nH]2)c1)NC(C)c1ccc(Cl)c(Cl)c1. The second-order valence-corrected chi connectivity index (χ2v) is 7.08. The molecule has 1 aromatic heterocycles. The van der Waals surface area contributed by atoms with Crippen molar-refractivity contribution in [1.29, 1.82) is 0 Å². The molecule has 1 atom stereocenters. The maximum absolute atomic E-state index is 6.14. The Morgan fingerprint density at radius 1 is 1.18 bits per heavy atom. The number of nitrogens with zero attached hydrogens (tertiary/aromatic N) is 3. The average molecular weight is 417 g/mol. The third-order valence-corrected chi connectivity index (χ3v) is 4.92. The summed E-state index contributed by atoms with van der Waals surface area (Å²) in [7, 11) is 0. The van der Waals surface area contributed by atoms with E-state index in [1.165, 1.54) is 6.33 Å². The van der Waals surface area contributed by atoms with Gasteiger partial charge in [0.05, 0.1) is 22.6 Å². The van der Waals surface area contributed by atoms with E-state index >= 15 is 0 Å². The number of aromatic nitrogens is 3. The zero-order chi connectivity index (χ0) is 19.9. The molecule has 0 aliphatic carbocycles. The monoisotopic (exact) mass is 416 g/mol. The van der Waals surface area contributed by atoms with Gasteiger partial charge in [0, 0.05) is 12.1 Å². The number of hydrogen-bond acceptors (Lipinski definition) is 3. The first kappa shape index (κ1) is 20.2. The first-order chi connectivity index (χ1) is 13.6. The van der Waals surface area contributed by atoms with Gasteiger partial charge in [0.15, 0.2) is 11.8 Å². The quantitative estimate of drug-likeness (QED) is 0.405. The normalized spacial score (nSPS) is 12.6. The molecule has 0 saturated carbocycles. The van der Waals surface area contributed by atoms with Gasteiger partial charge in [0.25, 0.3) is 0 Å². The highest BCUT2D eigenvalue weighted by Gasteiger charge is 2.10. The number of aliphatic imine (C=N–C) groups is 1. The Labute approximate surface area is 174 Å². The van der Waals surface area contributed by atoms with Gasteiger partial charge in [0.2, 0.25) is 0 Å². The first-order valence-electron chi connectivity index (χ1n) is 9.01. The number of benzene rings is 2. The zero-order valence-electron chi connectivity index (χ0n) is 15.7. The summed E-state index contributed by atoms with van der Waals surface area (Å²) in [6, 6.07) is 13.7. The van der Waals surface area contributed by atoms with Gasteiger partial charge in [-0.05, 0) is 43.2 Å². The number of rotatable bonds is 6. The van der Waals surface area contributed by atoms with Crippen LogP contribution in [0.25, 0.3) is 11.4 Å². The van der Waals surface area contributed by atoms with Crippen molar-refractivity contribution in [3.8, 4) is 11.4 Å². The molecule has 0 bridgehead atoms. The van der Waals surface area contributed by atoms with E-state index in [1.807, 2.05) is 37.3 Å². The van der Waals surface area contributed by atoms with Crippen LogP contribution in [0.1, 0.15) is 31.0 Å². The van der Waals surface area contributed by atoms with E-state index in [2.05, 4.69) is 38.8 Å². The Hall–Kier alpha value is -2.57. The highest BCUT2D eigenvalue weighted by Crippen LogP contribution is 2.25. The molecule has 8 heteroatoms. The van der Waals surface area contributed by atoms with Crippen LogP contribution in [0.2, 0.25) is 10.0 Å². The van der Waals surface area contributed by atoms with Crippen LogP contribution in [0.5, 0.6) is 0 Å². The highest BCUT2D eigenvalue weighted by molar-refractivity contribution is 6.42. The molecule has 0 spiro atoms. The number of H-pyrrole nitrogens is 1. The molecule has 146 valence electrons. The molecule has 0 radical (unpaired) electrons. The maximum atomic E-state index is 6.14. The van der Waals surface area contributed by atoms with E-state index in [4.69, 9.17) is 28.2 Å². The topological polar surface area (TPSA) is 78.0 Å². The molecule has 3 aromatic rings. The van der Waals surface area contributed by atoms with E-state index in [9.17, 15) is 0 Å². The van der Waals surface area contributed by atoms with E-state index < -0.39 is 0 Å². The maximum Gasteiger partial charge on any atom is 0.192 e. The van der Waals surface area contributed by atoms with Crippen molar-refractivity contribution in [3.63, 3.8) is 0 Å².